The zero-order chi connectivity index (χ0) is 13.2. The topological polar surface area (TPSA) is 38.1 Å². The Morgan fingerprint density at radius 2 is 1.94 bits per heavy atom. The van der Waals surface area contributed by atoms with Crippen LogP contribution in [-0.4, -0.2) is 10.5 Å². The van der Waals surface area contributed by atoms with Gasteiger partial charge in [-0.25, -0.2) is 4.98 Å². The van der Waals surface area contributed by atoms with Crippen molar-refractivity contribution in [2.24, 2.45) is 0 Å². The highest BCUT2D eigenvalue weighted by Crippen LogP contribution is 2.23. The first-order chi connectivity index (χ1) is 8.46. The molecule has 0 amide bonds. The summed E-state index contributed by atoms with van der Waals surface area (Å²) in [6, 6.07) is 8.16. The molecule has 1 N–H and O–H groups in total. The molecule has 0 radical (unpaired) electrons. The lowest BCUT2D eigenvalue weighted by atomic mass is 10.1. The third-order valence-corrected chi connectivity index (χ3v) is 2.73. The number of hydrogen-bond acceptors (Lipinski definition) is 3. The Labute approximate surface area is 108 Å². The number of oxazole rings is 1. The van der Waals surface area contributed by atoms with Crippen molar-refractivity contribution in [2.45, 2.75) is 39.8 Å². The number of aryl methyl sites for hydroxylation is 1. The van der Waals surface area contributed by atoms with Crippen molar-refractivity contribution in [3.8, 4) is 11.3 Å². The lowest BCUT2D eigenvalue weighted by Crippen LogP contribution is -2.35. The number of benzene rings is 1. The fourth-order valence-corrected chi connectivity index (χ4v) is 1.71. The number of hydrogen-bond donors (Lipinski definition) is 1. The zero-order valence-corrected chi connectivity index (χ0v) is 11.4. The minimum atomic E-state index is 0.0668. The number of rotatable bonds is 3. The molecule has 1 heterocycles. The van der Waals surface area contributed by atoms with Gasteiger partial charge in [-0.1, -0.05) is 24.3 Å². The van der Waals surface area contributed by atoms with Crippen LogP contribution in [0.4, 0.5) is 0 Å². The molecule has 0 aliphatic rings. The first-order valence-electron chi connectivity index (χ1n) is 6.21. The molecule has 96 valence electrons. The fraction of sp³-hybridized carbons (Fsp3) is 0.400. The van der Waals surface area contributed by atoms with E-state index in [1.54, 1.807) is 6.20 Å². The van der Waals surface area contributed by atoms with Gasteiger partial charge in [0.05, 0.1) is 12.7 Å². The molecule has 0 fully saturated rings. The normalized spacial score (nSPS) is 11.8. The average molecular weight is 244 g/mol. The summed E-state index contributed by atoms with van der Waals surface area (Å²) in [7, 11) is 0. The molecule has 0 aliphatic carbocycles. The van der Waals surface area contributed by atoms with Crippen molar-refractivity contribution in [2.75, 3.05) is 0 Å². The minimum absolute atomic E-state index is 0.0668. The molecule has 2 aromatic rings. The number of nitrogens with zero attached hydrogens (tertiary/aromatic N) is 1. The molecule has 2 rings (SSSR count). The van der Waals surface area contributed by atoms with Gasteiger partial charge in [-0.2, -0.15) is 0 Å². The Hall–Kier alpha value is -1.61. The number of aromatic nitrogens is 1. The molecule has 1 aromatic carbocycles. The van der Waals surface area contributed by atoms with Crippen molar-refractivity contribution in [3.05, 3.63) is 41.9 Å². The summed E-state index contributed by atoms with van der Waals surface area (Å²) in [5.74, 6) is 1.56. The maximum absolute atomic E-state index is 5.77. The molecule has 0 saturated heterocycles. The largest absolute Gasteiger partial charge is 0.439 e. The summed E-state index contributed by atoms with van der Waals surface area (Å²) in [5.41, 5.74) is 2.37. The van der Waals surface area contributed by atoms with Crippen molar-refractivity contribution >= 4 is 0 Å². The van der Waals surface area contributed by atoms with Crippen LogP contribution >= 0.6 is 0 Å². The Bertz CT molecular complexity index is 523. The monoisotopic (exact) mass is 244 g/mol. The van der Waals surface area contributed by atoms with Gasteiger partial charge in [0.15, 0.2) is 5.76 Å². The molecule has 0 aliphatic heterocycles. The van der Waals surface area contributed by atoms with Crippen LogP contribution in [0, 0.1) is 6.92 Å². The van der Waals surface area contributed by atoms with Gasteiger partial charge in [-0.15, -0.1) is 0 Å². The SMILES string of the molecule is Cc1ccccc1-c1cnc(CNC(C)(C)C)o1. The Morgan fingerprint density at radius 1 is 1.22 bits per heavy atom. The zero-order valence-electron chi connectivity index (χ0n) is 11.4. The highest BCUT2D eigenvalue weighted by molar-refractivity contribution is 5.60. The molecular weight excluding hydrogens is 224 g/mol. The van der Waals surface area contributed by atoms with Crippen molar-refractivity contribution in [3.63, 3.8) is 0 Å². The molecule has 3 nitrogen and oxygen atoms in total. The summed E-state index contributed by atoms with van der Waals surface area (Å²) >= 11 is 0. The predicted octanol–water partition coefficient (Wildman–Crippen LogP) is 3.54. The third kappa shape index (κ3) is 3.20. The Balaban J connectivity index is 2.14. The molecule has 18 heavy (non-hydrogen) atoms. The van der Waals surface area contributed by atoms with Gasteiger partial charge in [0.2, 0.25) is 5.89 Å². The van der Waals surface area contributed by atoms with Crippen LogP contribution in [0.15, 0.2) is 34.9 Å². The van der Waals surface area contributed by atoms with Gasteiger partial charge in [-0.3, -0.25) is 0 Å². The van der Waals surface area contributed by atoms with Crippen LogP contribution in [0.1, 0.15) is 32.2 Å². The summed E-state index contributed by atoms with van der Waals surface area (Å²) in [5, 5.41) is 3.36. The fourth-order valence-electron chi connectivity index (χ4n) is 1.71. The lowest BCUT2D eigenvalue weighted by molar-refractivity contribution is 0.383. The Kier molecular flexibility index (Phi) is 3.53. The molecular formula is C15H20N2O. The van der Waals surface area contributed by atoms with Gasteiger partial charge in [0.1, 0.15) is 0 Å². The van der Waals surface area contributed by atoms with Crippen molar-refractivity contribution < 1.29 is 4.42 Å². The predicted molar refractivity (Wildman–Crippen MR) is 73.3 cm³/mol. The second-order valence-electron chi connectivity index (χ2n) is 5.54. The highest BCUT2D eigenvalue weighted by atomic mass is 16.4. The molecule has 0 spiro atoms. The van der Waals surface area contributed by atoms with Crippen molar-refractivity contribution in [1.29, 1.82) is 0 Å². The van der Waals surface area contributed by atoms with E-state index in [2.05, 4.69) is 50.1 Å². The first kappa shape index (κ1) is 12.8. The summed E-state index contributed by atoms with van der Waals surface area (Å²) in [6.45, 7) is 9.09. The molecule has 0 unspecified atom stereocenters. The van der Waals surface area contributed by atoms with Gasteiger partial charge < -0.3 is 9.73 Å². The summed E-state index contributed by atoms with van der Waals surface area (Å²) in [6.07, 6.45) is 1.79. The standard InChI is InChI=1S/C15H20N2O/c1-11-7-5-6-8-12(11)13-9-16-14(18-13)10-17-15(2,3)4/h5-9,17H,10H2,1-4H3. The van der Waals surface area contributed by atoms with E-state index in [1.165, 1.54) is 5.56 Å². The van der Waals surface area contributed by atoms with Gasteiger partial charge in [0, 0.05) is 11.1 Å². The molecule has 3 heteroatoms. The van der Waals surface area contributed by atoms with E-state index in [0.29, 0.717) is 6.54 Å². The first-order valence-corrected chi connectivity index (χ1v) is 6.21. The van der Waals surface area contributed by atoms with E-state index >= 15 is 0 Å². The summed E-state index contributed by atoms with van der Waals surface area (Å²) < 4.78 is 5.77. The van der Waals surface area contributed by atoms with E-state index in [1.807, 2.05) is 12.1 Å². The van der Waals surface area contributed by atoms with Crippen LogP contribution in [0.2, 0.25) is 0 Å². The quantitative estimate of drug-likeness (QED) is 0.897. The van der Waals surface area contributed by atoms with Crippen LogP contribution < -0.4 is 5.32 Å². The van der Waals surface area contributed by atoms with Gasteiger partial charge in [0.25, 0.3) is 0 Å². The lowest BCUT2D eigenvalue weighted by Gasteiger charge is -2.18. The number of nitrogens with one attached hydrogen (secondary N) is 1. The van der Waals surface area contributed by atoms with Crippen LogP contribution in [-0.2, 0) is 6.54 Å². The van der Waals surface area contributed by atoms with Crippen LogP contribution in [0.3, 0.4) is 0 Å². The van der Waals surface area contributed by atoms with E-state index in [4.69, 9.17) is 4.42 Å². The molecule has 0 saturated carbocycles. The van der Waals surface area contributed by atoms with Crippen molar-refractivity contribution in [1.82, 2.24) is 10.3 Å². The smallest absolute Gasteiger partial charge is 0.208 e. The minimum Gasteiger partial charge on any atom is -0.439 e. The van der Waals surface area contributed by atoms with Crippen LogP contribution in [0.25, 0.3) is 11.3 Å². The Morgan fingerprint density at radius 3 is 2.61 bits per heavy atom. The molecule has 0 bridgehead atoms. The maximum Gasteiger partial charge on any atom is 0.208 e. The van der Waals surface area contributed by atoms with Gasteiger partial charge in [-0.05, 0) is 33.3 Å². The summed E-state index contributed by atoms with van der Waals surface area (Å²) in [4.78, 5) is 4.31. The van der Waals surface area contributed by atoms with Crippen LogP contribution in [0.5, 0.6) is 0 Å². The molecule has 0 atom stereocenters. The highest BCUT2D eigenvalue weighted by Gasteiger charge is 2.12. The molecule has 1 aromatic heterocycles. The van der Waals surface area contributed by atoms with E-state index in [0.717, 1.165) is 17.2 Å². The van der Waals surface area contributed by atoms with E-state index < -0.39 is 0 Å². The maximum atomic E-state index is 5.77. The second kappa shape index (κ2) is 4.94. The van der Waals surface area contributed by atoms with Gasteiger partial charge >= 0.3 is 0 Å². The van der Waals surface area contributed by atoms with E-state index in [-0.39, 0.29) is 5.54 Å². The third-order valence-electron chi connectivity index (χ3n) is 2.73. The van der Waals surface area contributed by atoms with E-state index in [9.17, 15) is 0 Å². The average Bonchev–Trinajstić information content (AvgIpc) is 2.75. The second-order valence-corrected chi connectivity index (χ2v) is 5.54.